The monoisotopic (exact) mass is 383 g/mol. The van der Waals surface area contributed by atoms with Crippen molar-refractivity contribution in [1.82, 2.24) is 20.0 Å². The fraction of sp³-hybridized carbons (Fsp3) is 0.222. The smallest absolute Gasteiger partial charge is 0.343 e. The molecule has 3 heterocycles. The summed E-state index contributed by atoms with van der Waals surface area (Å²) in [5, 5.41) is 13.5. The number of carbonyl (C=O) groups is 2. The Labute approximate surface area is 159 Å². The highest BCUT2D eigenvalue weighted by molar-refractivity contribution is 6.06. The Morgan fingerprint density at radius 1 is 1.29 bits per heavy atom. The van der Waals surface area contributed by atoms with Gasteiger partial charge in [-0.1, -0.05) is 0 Å². The van der Waals surface area contributed by atoms with E-state index in [-0.39, 0.29) is 30.5 Å². The second-order valence-electron chi connectivity index (χ2n) is 5.94. The second-order valence-corrected chi connectivity index (χ2v) is 5.94. The molecule has 1 aliphatic rings. The highest BCUT2D eigenvalue weighted by Gasteiger charge is 2.21. The normalized spacial score (nSPS) is 12.1. The first kappa shape index (κ1) is 17.6. The Morgan fingerprint density at radius 3 is 2.93 bits per heavy atom. The van der Waals surface area contributed by atoms with Gasteiger partial charge in [0.25, 0.3) is 5.91 Å². The number of fused-ring (bicyclic) bond motifs is 1. The van der Waals surface area contributed by atoms with E-state index in [1.165, 1.54) is 10.9 Å². The molecule has 28 heavy (non-hydrogen) atoms. The first-order valence-corrected chi connectivity index (χ1v) is 8.52. The first-order chi connectivity index (χ1) is 13.6. The average Bonchev–Trinajstić information content (AvgIpc) is 3.41. The maximum atomic E-state index is 12.6. The molecule has 1 aromatic carbocycles. The van der Waals surface area contributed by atoms with E-state index in [0.717, 1.165) is 5.56 Å². The van der Waals surface area contributed by atoms with Crippen LogP contribution < -0.4 is 14.8 Å². The molecule has 0 fully saturated rings. The maximum Gasteiger partial charge on any atom is 0.343 e. The zero-order chi connectivity index (χ0) is 19.7. The third kappa shape index (κ3) is 3.15. The molecule has 0 aliphatic carbocycles. The van der Waals surface area contributed by atoms with Crippen molar-refractivity contribution in [2.45, 2.75) is 6.92 Å². The summed E-state index contributed by atoms with van der Waals surface area (Å²) in [6, 6.07) is 7.01. The number of carbonyl (C=O) groups excluding carboxylic acids is 2. The van der Waals surface area contributed by atoms with Crippen molar-refractivity contribution in [3.8, 4) is 22.8 Å². The van der Waals surface area contributed by atoms with Crippen LogP contribution in [0.5, 0.6) is 11.5 Å². The first-order valence-electron chi connectivity index (χ1n) is 8.52. The summed E-state index contributed by atoms with van der Waals surface area (Å²) in [5.41, 5.74) is 1.74. The van der Waals surface area contributed by atoms with Crippen LogP contribution in [0.2, 0.25) is 0 Å². The molecule has 10 nitrogen and oxygen atoms in total. The lowest BCUT2D eigenvalue weighted by atomic mass is 10.1. The Balaban J connectivity index is 1.54. The van der Waals surface area contributed by atoms with E-state index >= 15 is 0 Å². The zero-order valence-electron chi connectivity index (χ0n) is 15.2. The van der Waals surface area contributed by atoms with Crippen molar-refractivity contribution in [2.24, 2.45) is 7.05 Å². The van der Waals surface area contributed by atoms with Crippen LogP contribution in [0, 0.1) is 0 Å². The maximum absolute atomic E-state index is 12.6. The number of aromatic nitrogens is 4. The van der Waals surface area contributed by atoms with Gasteiger partial charge in [-0.25, -0.2) is 4.79 Å². The van der Waals surface area contributed by atoms with Crippen LogP contribution in [0.4, 0.5) is 5.82 Å². The molecular formula is C18H17N5O5. The van der Waals surface area contributed by atoms with Gasteiger partial charge in [-0.15, -0.1) is 0 Å². The average molecular weight is 383 g/mol. The number of hydrogen-bond donors (Lipinski definition) is 2. The van der Waals surface area contributed by atoms with Gasteiger partial charge in [0.05, 0.1) is 18.5 Å². The molecule has 1 amide bonds. The van der Waals surface area contributed by atoms with Gasteiger partial charge in [0.2, 0.25) is 6.79 Å². The molecule has 3 aromatic rings. The van der Waals surface area contributed by atoms with Crippen LogP contribution >= 0.6 is 0 Å². The van der Waals surface area contributed by atoms with Crippen LogP contribution in [-0.2, 0) is 11.8 Å². The van der Waals surface area contributed by atoms with Gasteiger partial charge >= 0.3 is 5.97 Å². The van der Waals surface area contributed by atoms with Crippen LogP contribution in [0.15, 0.2) is 30.5 Å². The van der Waals surface area contributed by atoms with E-state index in [1.807, 2.05) is 6.07 Å². The Morgan fingerprint density at radius 2 is 2.11 bits per heavy atom. The molecule has 10 heteroatoms. The van der Waals surface area contributed by atoms with Crippen LogP contribution in [-0.4, -0.2) is 45.3 Å². The number of anilines is 1. The minimum atomic E-state index is -0.559. The van der Waals surface area contributed by atoms with Gasteiger partial charge in [-0.2, -0.15) is 10.2 Å². The third-order valence-electron chi connectivity index (χ3n) is 4.16. The van der Waals surface area contributed by atoms with Gasteiger partial charge in [0.15, 0.2) is 11.5 Å². The van der Waals surface area contributed by atoms with Crippen LogP contribution in [0.25, 0.3) is 11.3 Å². The number of amides is 1. The zero-order valence-corrected chi connectivity index (χ0v) is 15.2. The number of nitrogens with one attached hydrogen (secondary N) is 2. The number of aryl methyl sites for hydroxylation is 1. The molecule has 4 rings (SSSR count). The second kappa shape index (κ2) is 7.06. The molecule has 0 atom stereocenters. The van der Waals surface area contributed by atoms with Crippen molar-refractivity contribution in [3.63, 3.8) is 0 Å². The number of hydrogen-bond acceptors (Lipinski definition) is 7. The highest BCUT2D eigenvalue weighted by atomic mass is 16.7. The van der Waals surface area contributed by atoms with Crippen molar-refractivity contribution < 1.29 is 23.8 Å². The van der Waals surface area contributed by atoms with E-state index in [9.17, 15) is 9.59 Å². The Bertz CT molecular complexity index is 1050. The summed E-state index contributed by atoms with van der Waals surface area (Å²) < 4.78 is 17.0. The largest absolute Gasteiger partial charge is 0.462 e. The number of aromatic amines is 1. The number of H-pyrrole nitrogens is 1. The minimum Gasteiger partial charge on any atom is -0.462 e. The molecule has 0 radical (unpaired) electrons. The summed E-state index contributed by atoms with van der Waals surface area (Å²) in [4.78, 5) is 24.6. The predicted octanol–water partition coefficient (Wildman–Crippen LogP) is 1.97. The van der Waals surface area contributed by atoms with E-state index in [0.29, 0.717) is 17.2 Å². The van der Waals surface area contributed by atoms with Crippen molar-refractivity contribution in [3.05, 3.63) is 41.7 Å². The lowest BCUT2D eigenvalue weighted by Gasteiger charge is -2.07. The molecular weight excluding hydrogens is 366 g/mol. The van der Waals surface area contributed by atoms with Gasteiger partial charge in [-0.05, 0) is 31.2 Å². The fourth-order valence-electron chi connectivity index (χ4n) is 2.76. The van der Waals surface area contributed by atoms with Crippen LogP contribution in [0.3, 0.4) is 0 Å². The molecule has 2 N–H and O–H groups in total. The Kier molecular flexibility index (Phi) is 4.44. The molecule has 0 saturated carbocycles. The number of nitrogens with zero attached hydrogens (tertiary/aromatic N) is 3. The lowest BCUT2D eigenvalue weighted by molar-refractivity contribution is 0.0527. The van der Waals surface area contributed by atoms with Gasteiger partial charge in [0.1, 0.15) is 17.1 Å². The molecule has 0 saturated heterocycles. The Hall–Kier alpha value is -3.82. The molecule has 144 valence electrons. The summed E-state index contributed by atoms with van der Waals surface area (Å²) in [5.74, 6) is 0.508. The standard InChI is InChI=1S/C18H17N5O5/c1-3-26-18(25)11-8-19-23(2)16(11)20-17(24)13-7-12(21-22-13)10-4-5-14-15(6-10)28-9-27-14/h4-8H,3,9H2,1-2H3,(H,20,24)(H,21,22). The minimum absolute atomic E-state index is 0.174. The predicted molar refractivity (Wildman–Crippen MR) is 97.3 cm³/mol. The lowest BCUT2D eigenvalue weighted by Crippen LogP contribution is -2.18. The highest BCUT2D eigenvalue weighted by Crippen LogP contribution is 2.35. The third-order valence-corrected chi connectivity index (χ3v) is 4.16. The molecule has 0 spiro atoms. The summed E-state index contributed by atoms with van der Waals surface area (Å²) >= 11 is 0. The van der Waals surface area contributed by atoms with Gasteiger partial charge in [-0.3, -0.25) is 14.6 Å². The van der Waals surface area contributed by atoms with E-state index in [4.69, 9.17) is 14.2 Å². The topological polar surface area (TPSA) is 120 Å². The van der Waals surface area contributed by atoms with Gasteiger partial charge in [0, 0.05) is 12.6 Å². The molecule has 0 bridgehead atoms. The summed E-state index contributed by atoms with van der Waals surface area (Å²) in [6.07, 6.45) is 1.35. The summed E-state index contributed by atoms with van der Waals surface area (Å²) in [7, 11) is 1.61. The SMILES string of the molecule is CCOC(=O)c1cnn(C)c1NC(=O)c1cc(-c2ccc3c(c2)OCO3)n[nH]1. The van der Waals surface area contributed by atoms with Crippen LogP contribution in [0.1, 0.15) is 27.8 Å². The quantitative estimate of drug-likeness (QED) is 0.646. The summed E-state index contributed by atoms with van der Waals surface area (Å²) in [6.45, 7) is 2.11. The van der Waals surface area contributed by atoms with Crippen molar-refractivity contribution in [2.75, 3.05) is 18.7 Å². The van der Waals surface area contributed by atoms with Crippen molar-refractivity contribution in [1.29, 1.82) is 0 Å². The number of ether oxygens (including phenoxy) is 3. The van der Waals surface area contributed by atoms with E-state index < -0.39 is 11.9 Å². The number of rotatable bonds is 5. The number of esters is 1. The molecule has 0 unspecified atom stereocenters. The fourth-order valence-corrected chi connectivity index (χ4v) is 2.76. The van der Waals surface area contributed by atoms with Crippen molar-refractivity contribution >= 4 is 17.7 Å². The van der Waals surface area contributed by atoms with E-state index in [2.05, 4.69) is 20.6 Å². The number of benzene rings is 1. The molecule has 2 aromatic heterocycles. The van der Waals surface area contributed by atoms with E-state index in [1.54, 1.807) is 32.2 Å². The van der Waals surface area contributed by atoms with Gasteiger partial charge < -0.3 is 19.5 Å². The molecule has 1 aliphatic heterocycles.